The highest BCUT2D eigenvalue weighted by Crippen LogP contribution is 2.28. The normalized spacial score (nSPS) is 22.2. The number of rotatable bonds is 6. The summed E-state index contributed by atoms with van der Waals surface area (Å²) in [5.41, 5.74) is 6.13. The van der Waals surface area contributed by atoms with Gasteiger partial charge in [-0.05, 0) is 25.3 Å². The van der Waals surface area contributed by atoms with Crippen molar-refractivity contribution in [3.8, 4) is 0 Å². The lowest BCUT2D eigenvalue weighted by atomic mass is 9.84. The van der Waals surface area contributed by atoms with Crippen LogP contribution < -0.4 is 16.6 Å². The van der Waals surface area contributed by atoms with Crippen molar-refractivity contribution in [1.82, 2.24) is 9.78 Å². The van der Waals surface area contributed by atoms with Gasteiger partial charge >= 0.3 is 0 Å². The van der Waals surface area contributed by atoms with Crippen LogP contribution in [0.15, 0.2) is 11.0 Å². The van der Waals surface area contributed by atoms with E-state index in [2.05, 4.69) is 10.4 Å². The average Bonchev–Trinajstić information content (AvgIpc) is 2.51. The molecule has 118 valence electrons. The van der Waals surface area contributed by atoms with E-state index in [4.69, 9.17) is 22.1 Å². The van der Waals surface area contributed by atoms with Crippen LogP contribution in [0.3, 0.4) is 0 Å². The molecule has 6 nitrogen and oxygen atoms in total. The number of aromatic nitrogens is 2. The molecule has 2 unspecified atom stereocenters. The first-order valence-electron chi connectivity index (χ1n) is 7.38. The van der Waals surface area contributed by atoms with Crippen molar-refractivity contribution in [2.75, 3.05) is 25.6 Å². The Hall–Kier alpha value is -1.11. The van der Waals surface area contributed by atoms with Gasteiger partial charge in [-0.1, -0.05) is 24.4 Å². The van der Waals surface area contributed by atoms with E-state index in [9.17, 15) is 4.79 Å². The minimum Gasteiger partial charge on any atom is -0.383 e. The van der Waals surface area contributed by atoms with Crippen molar-refractivity contribution in [1.29, 1.82) is 0 Å². The number of hydrogen-bond donors (Lipinski definition) is 2. The minimum atomic E-state index is -0.293. The van der Waals surface area contributed by atoms with Gasteiger partial charge in [0.25, 0.3) is 5.56 Å². The second-order valence-corrected chi connectivity index (χ2v) is 5.80. The molecule has 0 bridgehead atoms. The van der Waals surface area contributed by atoms with E-state index in [1.807, 2.05) is 0 Å². The van der Waals surface area contributed by atoms with Crippen molar-refractivity contribution < 1.29 is 4.74 Å². The predicted molar refractivity (Wildman–Crippen MR) is 83.8 cm³/mol. The SMILES string of the molecule is COCCn1ncc(NC2CCCCC2CN)c(Cl)c1=O. The summed E-state index contributed by atoms with van der Waals surface area (Å²) in [6, 6.07) is 0.261. The molecule has 7 heteroatoms. The molecule has 21 heavy (non-hydrogen) atoms. The van der Waals surface area contributed by atoms with Crippen LogP contribution in [0.1, 0.15) is 25.7 Å². The lowest BCUT2D eigenvalue weighted by molar-refractivity contribution is 0.182. The molecule has 0 radical (unpaired) electrons. The Morgan fingerprint density at radius 1 is 1.52 bits per heavy atom. The van der Waals surface area contributed by atoms with E-state index in [-0.39, 0.29) is 16.6 Å². The molecular weight excluding hydrogens is 292 g/mol. The zero-order chi connectivity index (χ0) is 15.2. The first-order valence-corrected chi connectivity index (χ1v) is 7.76. The fraction of sp³-hybridized carbons (Fsp3) is 0.714. The summed E-state index contributed by atoms with van der Waals surface area (Å²) in [6.45, 7) is 1.46. The number of anilines is 1. The molecule has 1 heterocycles. The number of methoxy groups -OCH3 is 1. The van der Waals surface area contributed by atoms with Gasteiger partial charge in [0, 0.05) is 13.2 Å². The number of nitrogens with two attached hydrogens (primary N) is 1. The van der Waals surface area contributed by atoms with E-state index in [1.54, 1.807) is 13.3 Å². The zero-order valence-corrected chi connectivity index (χ0v) is 13.1. The Balaban J connectivity index is 2.13. The van der Waals surface area contributed by atoms with Crippen LogP contribution in [-0.4, -0.2) is 36.1 Å². The summed E-state index contributed by atoms with van der Waals surface area (Å²) in [6.07, 6.45) is 6.16. The number of nitrogens with zero attached hydrogens (tertiary/aromatic N) is 2. The van der Waals surface area contributed by atoms with E-state index < -0.39 is 0 Å². The van der Waals surface area contributed by atoms with E-state index in [0.29, 0.717) is 31.3 Å². The van der Waals surface area contributed by atoms with Crippen LogP contribution in [0.4, 0.5) is 5.69 Å². The van der Waals surface area contributed by atoms with Gasteiger partial charge in [0.1, 0.15) is 5.02 Å². The van der Waals surface area contributed by atoms with Gasteiger partial charge in [0.2, 0.25) is 0 Å². The maximum Gasteiger partial charge on any atom is 0.287 e. The lowest BCUT2D eigenvalue weighted by Gasteiger charge is -2.32. The van der Waals surface area contributed by atoms with Crippen molar-refractivity contribution in [3.05, 3.63) is 21.6 Å². The Morgan fingerprint density at radius 3 is 3.00 bits per heavy atom. The molecule has 2 atom stereocenters. The summed E-state index contributed by atoms with van der Waals surface area (Å²) in [4.78, 5) is 12.1. The summed E-state index contributed by atoms with van der Waals surface area (Å²) < 4.78 is 6.27. The number of nitrogens with one attached hydrogen (secondary N) is 1. The molecule has 1 aromatic rings. The standard InChI is InChI=1S/C14H23ClN4O2/c1-21-7-6-19-14(20)13(15)12(9-17-19)18-11-5-3-2-4-10(11)8-16/h9-11,18H,2-8,16H2,1H3. The number of ether oxygens (including phenoxy) is 1. The van der Waals surface area contributed by atoms with Crippen molar-refractivity contribution in [2.24, 2.45) is 11.7 Å². The Morgan fingerprint density at radius 2 is 2.29 bits per heavy atom. The van der Waals surface area contributed by atoms with Crippen molar-refractivity contribution in [3.63, 3.8) is 0 Å². The average molecular weight is 315 g/mol. The molecule has 1 aliphatic rings. The molecule has 1 aliphatic carbocycles. The van der Waals surface area contributed by atoms with Crippen LogP contribution in [-0.2, 0) is 11.3 Å². The predicted octanol–water partition coefficient (Wildman–Crippen LogP) is 1.47. The highest BCUT2D eigenvalue weighted by Gasteiger charge is 2.25. The van der Waals surface area contributed by atoms with Crippen molar-refractivity contribution in [2.45, 2.75) is 38.3 Å². The van der Waals surface area contributed by atoms with Gasteiger partial charge in [0.05, 0.1) is 25.0 Å². The molecule has 0 saturated heterocycles. The minimum absolute atomic E-state index is 0.183. The molecule has 0 aromatic carbocycles. The van der Waals surface area contributed by atoms with E-state index >= 15 is 0 Å². The lowest BCUT2D eigenvalue weighted by Crippen LogP contribution is -2.37. The number of hydrogen-bond acceptors (Lipinski definition) is 5. The maximum atomic E-state index is 12.1. The fourth-order valence-electron chi connectivity index (χ4n) is 2.78. The molecule has 0 amide bonds. The molecule has 3 N–H and O–H groups in total. The molecule has 1 aromatic heterocycles. The summed E-state index contributed by atoms with van der Waals surface area (Å²) in [5.74, 6) is 0.422. The molecule has 2 rings (SSSR count). The summed E-state index contributed by atoms with van der Waals surface area (Å²) >= 11 is 6.18. The Bertz CT molecular complexity index is 520. The third-order valence-electron chi connectivity index (χ3n) is 4.04. The molecule has 1 fully saturated rings. The quantitative estimate of drug-likeness (QED) is 0.831. The van der Waals surface area contributed by atoms with Gasteiger partial charge < -0.3 is 15.8 Å². The number of halogens is 1. The van der Waals surface area contributed by atoms with Gasteiger partial charge in [-0.3, -0.25) is 4.79 Å². The van der Waals surface area contributed by atoms with Gasteiger partial charge in [-0.15, -0.1) is 0 Å². The second-order valence-electron chi connectivity index (χ2n) is 5.42. The summed E-state index contributed by atoms with van der Waals surface area (Å²) in [7, 11) is 1.58. The third-order valence-corrected chi connectivity index (χ3v) is 4.41. The zero-order valence-electron chi connectivity index (χ0n) is 12.3. The first kappa shape index (κ1) is 16.3. The monoisotopic (exact) mass is 314 g/mol. The molecule has 1 saturated carbocycles. The van der Waals surface area contributed by atoms with Gasteiger partial charge in [-0.25, -0.2) is 4.68 Å². The second kappa shape index (κ2) is 7.77. The molecule has 0 spiro atoms. The highest BCUT2D eigenvalue weighted by atomic mass is 35.5. The van der Waals surface area contributed by atoms with E-state index in [1.165, 1.54) is 17.5 Å². The largest absolute Gasteiger partial charge is 0.383 e. The van der Waals surface area contributed by atoms with Crippen LogP contribution in [0.5, 0.6) is 0 Å². The fourth-order valence-corrected chi connectivity index (χ4v) is 2.98. The summed E-state index contributed by atoms with van der Waals surface area (Å²) in [5, 5.41) is 7.68. The Kier molecular flexibility index (Phi) is 6.02. The van der Waals surface area contributed by atoms with E-state index in [0.717, 1.165) is 12.8 Å². The third kappa shape index (κ3) is 3.96. The van der Waals surface area contributed by atoms with Crippen LogP contribution in [0.25, 0.3) is 0 Å². The van der Waals surface area contributed by atoms with Crippen LogP contribution in [0.2, 0.25) is 5.02 Å². The molecule has 0 aliphatic heterocycles. The highest BCUT2D eigenvalue weighted by molar-refractivity contribution is 6.32. The van der Waals surface area contributed by atoms with Crippen LogP contribution >= 0.6 is 11.6 Å². The van der Waals surface area contributed by atoms with Crippen molar-refractivity contribution >= 4 is 17.3 Å². The molecular formula is C14H23ClN4O2. The van der Waals surface area contributed by atoms with Crippen LogP contribution in [0, 0.1) is 5.92 Å². The van der Waals surface area contributed by atoms with Gasteiger partial charge in [-0.2, -0.15) is 5.10 Å². The Labute approximate surface area is 129 Å². The first-order chi connectivity index (χ1) is 10.2. The van der Waals surface area contributed by atoms with Gasteiger partial charge in [0.15, 0.2) is 0 Å². The topological polar surface area (TPSA) is 82.2 Å². The smallest absolute Gasteiger partial charge is 0.287 e. The maximum absolute atomic E-state index is 12.1.